The Hall–Kier alpha value is -6.92. The normalized spacial score (nSPS) is 14.5. The fourth-order valence-electron chi connectivity index (χ4n) is 10.2. The molecule has 15 N–H and O–H groups in total. The Morgan fingerprint density at radius 3 is 1.69 bits per heavy atom. The van der Waals surface area contributed by atoms with E-state index >= 15 is 0 Å². The van der Waals surface area contributed by atoms with Gasteiger partial charge >= 0.3 is 263 Å². The average Bonchev–Trinajstić information content (AvgIpc) is 2.67. The van der Waals surface area contributed by atoms with Crippen LogP contribution in [0.2, 0.25) is 5.32 Å². The topological polar surface area (TPSA) is 414 Å². The molecule has 0 aromatic heterocycles. The van der Waals surface area contributed by atoms with Crippen molar-refractivity contribution in [2.45, 2.75) is 180 Å². The van der Waals surface area contributed by atoms with Gasteiger partial charge in [-0.05, 0) is 62.6 Å². The number of Topliss-reactive ketones (excluding diaryl/α,β-unsaturated/α-hetero) is 5. The van der Waals surface area contributed by atoms with E-state index in [9.17, 15) is 57.5 Å². The number of hydrogen-bond acceptors (Lipinski definition) is 17. The summed E-state index contributed by atoms with van der Waals surface area (Å²) in [6.07, 6.45) is 1.02. The van der Waals surface area contributed by atoms with Gasteiger partial charge in [0.25, 0.3) is 0 Å². The van der Waals surface area contributed by atoms with E-state index in [1.54, 1.807) is 12.1 Å². The van der Waals surface area contributed by atoms with Crippen molar-refractivity contribution in [2.75, 3.05) is 33.0 Å². The Labute approximate surface area is 529 Å². The Morgan fingerprint density at radius 1 is 0.528 bits per heavy atom. The standard InChI is InChI=1S/C64H98N10O14Se/c1-38(2)24-44(63(85)72-50(26-40(5)6)55(79)31-43(17-11-13-23-66)62(84)73-52(33-58(68)80)54(78)30-42(60(69)82)16-10-12-22-65)28-46(75)35-71-61(83)45(36-89-48-18-20-56-57(32-48)88-37-87-56)29-47(76)34-70-59(81)21-19-53(77)51(27-41-14-8-7-9-15-41)74-64(86)49(67)25-39(3)4/h7-9,14-15,18,20,32,38-40,42-45,49-52H,10-13,16-17,19,21-31,33-37,65-67H2,1-6H3,(H2,68,80)(H2,69,82)(H,70,81)(H,71,83)(H,72,85)(H,73,84)(H,74,86)/t42-,43-,44-,45+,49+,50+,51+,52+/m1/s1. The number of nitrogens with one attached hydrogen (secondary N) is 5. The van der Waals surface area contributed by atoms with E-state index in [0.29, 0.717) is 56.7 Å². The number of fused-ring (bicyclic) bond motifs is 1. The van der Waals surface area contributed by atoms with Crippen molar-refractivity contribution in [1.29, 1.82) is 0 Å². The molecule has 0 unspecified atom stereocenters. The molecule has 7 amide bonds. The van der Waals surface area contributed by atoms with Gasteiger partial charge in [0.15, 0.2) is 5.78 Å². The number of carbonyl (C=O) groups excluding carboxylic acids is 12. The van der Waals surface area contributed by atoms with Crippen LogP contribution in [0, 0.1) is 41.4 Å². The number of rotatable bonds is 47. The quantitative estimate of drug-likeness (QED) is 0.0334. The van der Waals surface area contributed by atoms with Crippen LogP contribution in [-0.4, -0.2) is 142 Å². The molecule has 0 saturated heterocycles. The fraction of sp³-hybridized carbons (Fsp3) is 0.625. The molecule has 2 aromatic carbocycles. The predicted molar refractivity (Wildman–Crippen MR) is 337 cm³/mol. The first kappa shape index (κ1) is 76.3. The molecule has 0 fully saturated rings. The summed E-state index contributed by atoms with van der Waals surface area (Å²) in [6, 6.07) is 10.2. The molecule has 0 radical (unpaired) electrons. The summed E-state index contributed by atoms with van der Waals surface area (Å²) in [4.78, 5) is 162. The third-order valence-corrected chi connectivity index (χ3v) is 17.5. The molecule has 0 bridgehead atoms. The number of primary amides is 2. The number of nitrogens with two attached hydrogens (primary N) is 5. The second kappa shape index (κ2) is 40.7. The van der Waals surface area contributed by atoms with E-state index in [-0.39, 0.29) is 100 Å². The molecule has 1 aliphatic rings. The number of ether oxygens (including phenoxy) is 2. The molecule has 8 atom stereocenters. The number of benzene rings is 2. The van der Waals surface area contributed by atoms with Crippen molar-refractivity contribution in [3.05, 3.63) is 54.1 Å². The fourth-order valence-corrected chi connectivity index (χ4v) is 12.4. The summed E-state index contributed by atoms with van der Waals surface area (Å²) in [7, 11) is 0. The van der Waals surface area contributed by atoms with Crippen LogP contribution in [0.1, 0.15) is 150 Å². The van der Waals surface area contributed by atoms with Gasteiger partial charge in [-0.25, -0.2) is 0 Å². The van der Waals surface area contributed by atoms with Gasteiger partial charge < -0.3 is 34.0 Å². The van der Waals surface area contributed by atoms with Crippen LogP contribution >= 0.6 is 0 Å². The maximum atomic E-state index is 14.3. The van der Waals surface area contributed by atoms with E-state index in [1.807, 2.05) is 77.9 Å². The smallest absolute Gasteiger partial charge is 0.370 e. The summed E-state index contributed by atoms with van der Waals surface area (Å²) in [5.41, 5.74) is 29.4. The van der Waals surface area contributed by atoms with Gasteiger partial charge in [-0.2, -0.15) is 0 Å². The minimum Gasteiger partial charge on any atom is -0.370 e. The molecule has 89 heavy (non-hydrogen) atoms. The SMILES string of the molecule is CC(C)C[C@H](CC(=O)CNC(=O)[C@H](C[Se]c1ccc2c(c1)OCO2)CC(=O)CNC(=O)CCC(=O)[C@H](Cc1ccccc1)NC(=O)[C@@H](N)CC(C)C)C(=O)N[C@@H](CC(C)C)C(=O)C[C@@H](CCCCN)C(=O)N[C@@H](CC(N)=O)C(=O)C[C@@H](CCCCN)C(N)=O. The van der Waals surface area contributed by atoms with Gasteiger partial charge in [-0.15, -0.1) is 0 Å². The van der Waals surface area contributed by atoms with Crippen LogP contribution in [-0.2, 0) is 64.0 Å². The van der Waals surface area contributed by atoms with Crippen molar-refractivity contribution in [3.8, 4) is 11.5 Å². The zero-order valence-corrected chi connectivity index (χ0v) is 54.5. The minimum atomic E-state index is -1.41. The number of carbonyl (C=O) groups is 12. The summed E-state index contributed by atoms with van der Waals surface area (Å²) >= 11 is -0.395. The maximum absolute atomic E-state index is 14.3. The second-order valence-electron chi connectivity index (χ2n) is 24.4. The molecule has 1 heterocycles. The number of amides is 7. The van der Waals surface area contributed by atoms with E-state index in [2.05, 4.69) is 26.6 Å². The molecule has 3 rings (SSSR count). The van der Waals surface area contributed by atoms with Crippen LogP contribution in [0.3, 0.4) is 0 Å². The average molecular weight is 1310 g/mol. The zero-order valence-electron chi connectivity index (χ0n) is 52.7. The third kappa shape index (κ3) is 30.0. The Bertz CT molecular complexity index is 2690. The first-order valence-corrected chi connectivity index (χ1v) is 33.1. The molecule has 1 aliphatic heterocycles. The second-order valence-corrected chi connectivity index (χ2v) is 26.7. The molecule has 0 saturated carbocycles. The van der Waals surface area contributed by atoms with E-state index in [4.69, 9.17) is 38.1 Å². The van der Waals surface area contributed by atoms with Crippen LogP contribution in [0.25, 0.3) is 0 Å². The molecule has 0 aliphatic carbocycles. The molecular weight excluding hydrogens is 1210 g/mol. The van der Waals surface area contributed by atoms with E-state index in [1.165, 1.54) is 0 Å². The van der Waals surface area contributed by atoms with Crippen molar-refractivity contribution >= 4 is 89.7 Å². The molecule has 0 spiro atoms. The van der Waals surface area contributed by atoms with Gasteiger partial charge in [0, 0.05) is 24.7 Å². The van der Waals surface area contributed by atoms with E-state index in [0.717, 1.165) is 10.0 Å². The first-order valence-electron chi connectivity index (χ1n) is 31.1. The van der Waals surface area contributed by atoms with Gasteiger partial charge in [-0.1, -0.05) is 70.9 Å². The molecule has 25 heteroatoms. The van der Waals surface area contributed by atoms with Crippen molar-refractivity contribution in [1.82, 2.24) is 26.6 Å². The minimum absolute atomic E-state index is 0.0537. The van der Waals surface area contributed by atoms with E-state index < -0.39 is 153 Å². The van der Waals surface area contributed by atoms with Crippen LogP contribution in [0.5, 0.6) is 11.5 Å². The summed E-state index contributed by atoms with van der Waals surface area (Å²) in [5, 5.41) is 13.7. The zero-order chi connectivity index (χ0) is 66.2. The number of hydrogen-bond donors (Lipinski definition) is 10. The van der Waals surface area contributed by atoms with Gasteiger partial charge in [0.05, 0.1) is 18.5 Å². The molecular formula is C64H98N10O14Se. The summed E-state index contributed by atoms with van der Waals surface area (Å²) in [5.74, 6) is -9.90. The van der Waals surface area contributed by atoms with Crippen molar-refractivity contribution < 1.29 is 67.0 Å². The van der Waals surface area contributed by atoms with Crippen LogP contribution in [0.15, 0.2) is 48.5 Å². The molecule has 24 nitrogen and oxygen atoms in total. The Morgan fingerprint density at radius 2 is 1.08 bits per heavy atom. The predicted octanol–water partition coefficient (Wildman–Crippen LogP) is 1.83. The van der Waals surface area contributed by atoms with Crippen molar-refractivity contribution in [2.24, 2.45) is 70.1 Å². The first-order chi connectivity index (χ1) is 42.2. The van der Waals surface area contributed by atoms with Crippen molar-refractivity contribution in [3.63, 3.8) is 0 Å². The summed E-state index contributed by atoms with van der Waals surface area (Å²) in [6.45, 7) is 11.1. The van der Waals surface area contributed by atoms with Gasteiger partial charge in [0.1, 0.15) is 0 Å². The van der Waals surface area contributed by atoms with Gasteiger partial charge in [-0.3, -0.25) is 28.8 Å². The number of ketones is 5. The summed E-state index contributed by atoms with van der Waals surface area (Å²) < 4.78 is 11.8. The molecule has 2 aromatic rings. The van der Waals surface area contributed by atoms with Gasteiger partial charge in [0.2, 0.25) is 23.6 Å². The van der Waals surface area contributed by atoms with Crippen LogP contribution in [0.4, 0.5) is 0 Å². The van der Waals surface area contributed by atoms with Crippen LogP contribution < -0.4 is 69.2 Å². The monoisotopic (exact) mass is 1310 g/mol. The molecule has 494 valence electrons. The third-order valence-electron chi connectivity index (χ3n) is 15.0. The Kier molecular flexibility index (Phi) is 34.9. The number of unbranched alkanes of at least 4 members (excludes halogenated alkanes) is 2. The Balaban J connectivity index is 1.74.